The van der Waals surface area contributed by atoms with E-state index >= 15 is 0 Å². The van der Waals surface area contributed by atoms with Gasteiger partial charge >= 0.3 is 5.97 Å². The molecule has 3 N–H and O–H groups in total. The van der Waals surface area contributed by atoms with Crippen LogP contribution in [0.3, 0.4) is 0 Å². The lowest BCUT2D eigenvalue weighted by Crippen LogP contribution is -2.63. The summed E-state index contributed by atoms with van der Waals surface area (Å²) in [5.41, 5.74) is -1.22. The molecule has 2 aliphatic rings. The highest BCUT2D eigenvalue weighted by molar-refractivity contribution is 5.90. The van der Waals surface area contributed by atoms with Crippen LogP contribution >= 0.6 is 0 Å². The molecule has 5 nitrogen and oxygen atoms in total. The van der Waals surface area contributed by atoms with Gasteiger partial charge < -0.3 is 15.7 Å². The van der Waals surface area contributed by atoms with Gasteiger partial charge in [-0.15, -0.1) is 0 Å². The largest absolute Gasteiger partial charge is 0.480 e. The van der Waals surface area contributed by atoms with Gasteiger partial charge in [0.1, 0.15) is 5.54 Å². The SMILES string of the molecule is CC1CCCC(NC(=O)C2NCCCC2(C)C)(C(=O)O)C1. The summed E-state index contributed by atoms with van der Waals surface area (Å²) in [6.07, 6.45) is 4.99. The maximum absolute atomic E-state index is 12.7. The number of rotatable bonds is 3. The molecule has 3 unspecified atom stereocenters. The average Bonchev–Trinajstić information content (AvgIpc) is 2.37. The van der Waals surface area contributed by atoms with E-state index < -0.39 is 11.5 Å². The van der Waals surface area contributed by atoms with Crippen molar-refractivity contribution in [1.29, 1.82) is 0 Å². The molecular weight excluding hydrogens is 268 g/mol. The molecule has 0 radical (unpaired) electrons. The van der Waals surface area contributed by atoms with Crippen molar-refractivity contribution in [1.82, 2.24) is 10.6 Å². The fourth-order valence-corrected chi connectivity index (χ4v) is 3.88. The number of hydrogen-bond donors (Lipinski definition) is 3. The van der Waals surface area contributed by atoms with Crippen molar-refractivity contribution in [3.05, 3.63) is 0 Å². The highest BCUT2D eigenvalue weighted by Crippen LogP contribution is 2.34. The molecule has 2 rings (SSSR count). The van der Waals surface area contributed by atoms with E-state index in [-0.39, 0.29) is 17.4 Å². The fourth-order valence-electron chi connectivity index (χ4n) is 3.88. The third kappa shape index (κ3) is 3.39. The minimum atomic E-state index is -1.08. The van der Waals surface area contributed by atoms with Crippen molar-refractivity contribution in [3.63, 3.8) is 0 Å². The minimum Gasteiger partial charge on any atom is -0.480 e. The molecule has 1 saturated heterocycles. The van der Waals surface area contributed by atoms with Gasteiger partial charge in [0.2, 0.25) is 5.91 Å². The zero-order chi connectivity index (χ0) is 15.7. The maximum Gasteiger partial charge on any atom is 0.329 e. The van der Waals surface area contributed by atoms with Crippen LogP contribution in [0.1, 0.15) is 59.3 Å². The van der Waals surface area contributed by atoms with Crippen LogP contribution < -0.4 is 10.6 Å². The third-order valence-electron chi connectivity index (χ3n) is 5.16. The summed E-state index contributed by atoms with van der Waals surface area (Å²) in [7, 11) is 0. The van der Waals surface area contributed by atoms with Crippen LogP contribution in [0.4, 0.5) is 0 Å². The molecule has 1 heterocycles. The summed E-state index contributed by atoms with van der Waals surface area (Å²) in [6, 6.07) is -0.306. The molecule has 0 spiro atoms. The predicted octanol–water partition coefficient (Wildman–Crippen LogP) is 1.91. The normalized spacial score (nSPS) is 36.0. The molecule has 2 fully saturated rings. The lowest BCUT2D eigenvalue weighted by Gasteiger charge is -2.42. The van der Waals surface area contributed by atoms with Crippen molar-refractivity contribution < 1.29 is 14.7 Å². The number of amides is 1. The van der Waals surface area contributed by atoms with Gasteiger partial charge in [0.05, 0.1) is 6.04 Å². The van der Waals surface area contributed by atoms with Crippen molar-refractivity contribution in [2.45, 2.75) is 70.9 Å². The Morgan fingerprint density at radius 2 is 1.95 bits per heavy atom. The summed E-state index contributed by atoms with van der Waals surface area (Å²) in [4.78, 5) is 24.4. The topological polar surface area (TPSA) is 78.4 Å². The predicted molar refractivity (Wildman–Crippen MR) is 80.9 cm³/mol. The van der Waals surface area contributed by atoms with Gasteiger partial charge in [-0.2, -0.15) is 0 Å². The lowest BCUT2D eigenvalue weighted by atomic mass is 9.74. The zero-order valence-electron chi connectivity index (χ0n) is 13.4. The Morgan fingerprint density at radius 3 is 2.52 bits per heavy atom. The van der Waals surface area contributed by atoms with Gasteiger partial charge in [-0.3, -0.25) is 4.79 Å². The van der Waals surface area contributed by atoms with E-state index in [9.17, 15) is 14.7 Å². The number of piperidine rings is 1. The van der Waals surface area contributed by atoms with Gasteiger partial charge in [0.15, 0.2) is 0 Å². The molecule has 1 aliphatic heterocycles. The van der Waals surface area contributed by atoms with E-state index in [0.717, 1.165) is 32.2 Å². The van der Waals surface area contributed by atoms with Crippen molar-refractivity contribution in [3.8, 4) is 0 Å². The Balaban J connectivity index is 2.13. The first-order valence-corrected chi connectivity index (χ1v) is 8.06. The van der Waals surface area contributed by atoms with Gasteiger partial charge in [-0.05, 0) is 43.6 Å². The second-order valence-electron chi connectivity index (χ2n) is 7.56. The van der Waals surface area contributed by atoms with E-state index in [1.165, 1.54) is 0 Å². The summed E-state index contributed by atoms with van der Waals surface area (Å²) in [5.74, 6) is -0.713. The highest BCUT2D eigenvalue weighted by Gasteiger charge is 2.46. The standard InChI is InChI=1S/C16H28N2O3/c1-11-6-4-8-16(10-11,14(20)21)18-13(19)12-15(2,3)7-5-9-17-12/h11-12,17H,4-10H2,1-3H3,(H,18,19)(H,20,21). The molecule has 0 aromatic heterocycles. The van der Waals surface area contributed by atoms with Crippen LogP contribution in [0.5, 0.6) is 0 Å². The Labute approximate surface area is 126 Å². The molecule has 21 heavy (non-hydrogen) atoms. The van der Waals surface area contributed by atoms with Gasteiger partial charge in [0.25, 0.3) is 0 Å². The number of carboxylic acid groups (broad SMARTS) is 1. The molecule has 1 saturated carbocycles. The van der Waals surface area contributed by atoms with Crippen LogP contribution in [0.2, 0.25) is 0 Å². The van der Waals surface area contributed by atoms with Crippen molar-refractivity contribution in [2.75, 3.05) is 6.54 Å². The number of nitrogens with one attached hydrogen (secondary N) is 2. The summed E-state index contributed by atoms with van der Waals surface area (Å²) < 4.78 is 0. The van der Waals surface area contributed by atoms with Gasteiger partial charge in [-0.25, -0.2) is 4.79 Å². The van der Waals surface area contributed by atoms with Crippen LogP contribution in [0.15, 0.2) is 0 Å². The van der Waals surface area contributed by atoms with Crippen LogP contribution in [-0.2, 0) is 9.59 Å². The minimum absolute atomic E-state index is 0.137. The Morgan fingerprint density at radius 1 is 1.24 bits per heavy atom. The van der Waals surface area contributed by atoms with E-state index in [1.54, 1.807) is 0 Å². The van der Waals surface area contributed by atoms with E-state index in [1.807, 2.05) is 0 Å². The molecule has 0 aromatic carbocycles. The second kappa shape index (κ2) is 5.95. The fraction of sp³-hybridized carbons (Fsp3) is 0.875. The first kappa shape index (κ1) is 16.3. The maximum atomic E-state index is 12.7. The van der Waals surface area contributed by atoms with E-state index in [0.29, 0.717) is 18.8 Å². The lowest BCUT2D eigenvalue weighted by molar-refractivity contribution is -0.151. The monoisotopic (exact) mass is 296 g/mol. The summed E-state index contributed by atoms with van der Waals surface area (Å²) in [5, 5.41) is 15.8. The Bertz CT molecular complexity index is 422. The Kier molecular flexibility index (Phi) is 4.61. The molecule has 0 bridgehead atoms. The van der Waals surface area contributed by atoms with Crippen molar-refractivity contribution in [2.24, 2.45) is 11.3 Å². The number of hydrogen-bond acceptors (Lipinski definition) is 3. The van der Waals surface area contributed by atoms with E-state index in [2.05, 4.69) is 31.4 Å². The highest BCUT2D eigenvalue weighted by atomic mass is 16.4. The molecule has 3 atom stereocenters. The molecule has 5 heteroatoms. The molecule has 120 valence electrons. The first-order chi connectivity index (χ1) is 9.77. The van der Waals surface area contributed by atoms with Gasteiger partial charge in [-0.1, -0.05) is 33.6 Å². The Hall–Kier alpha value is -1.10. The molecule has 0 aromatic rings. The van der Waals surface area contributed by atoms with Crippen molar-refractivity contribution >= 4 is 11.9 Å². The molecule has 1 aliphatic carbocycles. The molecular formula is C16H28N2O3. The average molecular weight is 296 g/mol. The number of carboxylic acids is 1. The quantitative estimate of drug-likeness (QED) is 0.743. The second-order valence-corrected chi connectivity index (χ2v) is 7.56. The number of carbonyl (C=O) groups excluding carboxylic acids is 1. The smallest absolute Gasteiger partial charge is 0.329 e. The van der Waals surface area contributed by atoms with Crippen LogP contribution in [0.25, 0.3) is 0 Å². The summed E-state index contributed by atoms with van der Waals surface area (Å²) >= 11 is 0. The number of carbonyl (C=O) groups is 2. The summed E-state index contributed by atoms with van der Waals surface area (Å²) in [6.45, 7) is 7.02. The first-order valence-electron chi connectivity index (χ1n) is 8.06. The van der Waals surface area contributed by atoms with E-state index in [4.69, 9.17) is 0 Å². The third-order valence-corrected chi connectivity index (χ3v) is 5.16. The van der Waals surface area contributed by atoms with Crippen LogP contribution in [-0.4, -0.2) is 35.1 Å². The van der Waals surface area contributed by atoms with Crippen LogP contribution in [0, 0.1) is 11.3 Å². The molecule has 1 amide bonds. The zero-order valence-corrected chi connectivity index (χ0v) is 13.4. The number of aliphatic carboxylic acids is 1. The van der Waals surface area contributed by atoms with Gasteiger partial charge in [0, 0.05) is 0 Å².